The Morgan fingerprint density at radius 1 is 1.15 bits per heavy atom. The highest BCUT2D eigenvalue weighted by Crippen LogP contribution is 2.21. The van der Waals surface area contributed by atoms with Crippen LogP contribution in [0, 0.1) is 0 Å². The van der Waals surface area contributed by atoms with Gasteiger partial charge in [-0.05, 0) is 12.5 Å². The zero-order valence-electron chi connectivity index (χ0n) is 7.19. The summed E-state index contributed by atoms with van der Waals surface area (Å²) in [6, 6.07) is 9.67. The van der Waals surface area contributed by atoms with Crippen molar-refractivity contribution in [2.75, 3.05) is 0 Å². The molecule has 66 valence electrons. The molecule has 0 saturated heterocycles. The molecule has 13 heavy (non-hydrogen) atoms. The molecule has 1 aromatic carbocycles. The molecule has 0 N–H and O–H groups in total. The molecule has 0 amide bonds. The summed E-state index contributed by atoms with van der Waals surface area (Å²) in [4.78, 5) is 11.0. The van der Waals surface area contributed by atoms with Crippen molar-refractivity contribution in [1.82, 2.24) is 0 Å². The largest absolute Gasteiger partial charge is 0.426 e. The monoisotopic (exact) mass is 174 g/mol. The van der Waals surface area contributed by atoms with Gasteiger partial charge in [-0.2, -0.15) is 0 Å². The summed E-state index contributed by atoms with van der Waals surface area (Å²) in [6.45, 7) is 0. The predicted octanol–water partition coefficient (Wildman–Crippen LogP) is 2.36. The van der Waals surface area contributed by atoms with Gasteiger partial charge in [-0.25, -0.2) is 0 Å². The highest BCUT2D eigenvalue weighted by Gasteiger charge is 2.13. The van der Waals surface area contributed by atoms with Gasteiger partial charge in [-0.3, -0.25) is 4.79 Å². The molecule has 0 aliphatic carbocycles. The van der Waals surface area contributed by atoms with Crippen molar-refractivity contribution in [2.24, 2.45) is 0 Å². The van der Waals surface area contributed by atoms with Gasteiger partial charge in [0.05, 0.1) is 0 Å². The first-order valence-corrected chi connectivity index (χ1v) is 4.32. The van der Waals surface area contributed by atoms with Crippen molar-refractivity contribution in [3.63, 3.8) is 0 Å². The normalized spacial score (nSPS) is 16.3. The second-order valence-corrected chi connectivity index (χ2v) is 2.95. The van der Waals surface area contributed by atoms with Crippen LogP contribution in [0.2, 0.25) is 0 Å². The average molecular weight is 174 g/mol. The third-order valence-corrected chi connectivity index (χ3v) is 1.96. The minimum absolute atomic E-state index is 0.138. The summed E-state index contributed by atoms with van der Waals surface area (Å²) < 4.78 is 5.09. The van der Waals surface area contributed by atoms with Crippen LogP contribution in [-0.4, -0.2) is 5.97 Å². The third kappa shape index (κ3) is 1.78. The Hall–Kier alpha value is -1.57. The van der Waals surface area contributed by atoms with Crippen molar-refractivity contribution in [1.29, 1.82) is 0 Å². The molecule has 1 aliphatic rings. The third-order valence-electron chi connectivity index (χ3n) is 1.96. The van der Waals surface area contributed by atoms with E-state index in [-0.39, 0.29) is 5.97 Å². The van der Waals surface area contributed by atoms with Crippen LogP contribution in [0.4, 0.5) is 0 Å². The maximum atomic E-state index is 11.0. The second-order valence-electron chi connectivity index (χ2n) is 2.95. The van der Waals surface area contributed by atoms with Gasteiger partial charge >= 0.3 is 5.97 Å². The number of ether oxygens (including phenoxy) is 1. The minimum Gasteiger partial charge on any atom is -0.426 e. The summed E-state index contributed by atoms with van der Waals surface area (Å²) in [5.41, 5.74) is 0.968. The first kappa shape index (κ1) is 8.05. The molecule has 1 aromatic rings. The molecule has 0 unspecified atom stereocenters. The fraction of sp³-hybridized carbons (Fsp3) is 0.182. The van der Waals surface area contributed by atoms with Crippen molar-refractivity contribution in [3.8, 4) is 0 Å². The van der Waals surface area contributed by atoms with Gasteiger partial charge in [-0.1, -0.05) is 30.3 Å². The molecule has 0 radical (unpaired) electrons. The van der Waals surface area contributed by atoms with Crippen LogP contribution in [0.5, 0.6) is 0 Å². The Labute approximate surface area is 76.8 Å². The second kappa shape index (κ2) is 3.44. The molecule has 1 aliphatic heterocycles. The Bertz CT molecular complexity index is 338. The van der Waals surface area contributed by atoms with Crippen LogP contribution in [0.25, 0.3) is 5.76 Å². The van der Waals surface area contributed by atoms with Crippen LogP contribution in [0.1, 0.15) is 18.4 Å². The van der Waals surface area contributed by atoms with Gasteiger partial charge in [0.1, 0.15) is 5.76 Å². The fourth-order valence-corrected chi connectivity index (χ4v) is 1.32. The van der Waals surface area contributed by atoms with Crippen LogP contribution >= 0.6 is 0 Å². The van der Waals surface area contributed by atoms with E-state index in [1.165, 1.54) is 0 Å². The highest BCUT2D eigenvalue weighted by molar-refractivity contribution is 5.80. The van der Waals surface area contributed by atoms with Crippen LogP contribution in [-0.2, 0) is 9.53 Å². The van der Waals surface area contributed by atoms with E-state index in [4.69, 9.17) is 4.74 Å². The quantitative estimate of drug-likeness (QED) is 0.611. The molecule has 0 fully saturated rings. The smallest absolute Gasteiger partial charge is 0.311 e. The molecule has 0 spiro atoms. The average Bonchev–Trinajstić information content (AvgIpc) is 2.19. The van der Waals surface area contributed by atoms with E-state index >= 15 is 0 Å². The van der Waals surface area contributed by atoms with Crippen molar-refractivity contribution in [2.45, 2.75) is 12.8 Å². The topological polar surface area (TPSA) is 26.3 Å². The minimum atomic E-state index is -0.138. The lowest BCUT2D eigenvalue weighted by atomic mass is 10.1. The Balaban J connectivity index is 2.27. The van der Waals surface area contributed by atoms with Gasteiger partial charge in [-0.15, -0.1) is 0 Å². The van der Waals surface area contributed by atoms with E-state index in [0.29, 0.717) is 12.2 Å². The standard InChI is InChI=1S/C11H10O2/c12-11-8-4-7-10(13-11)9-5-2-1-3-6-9/h1-3,5-7H,4,8H2. The number of hydrogen-bond acceptors (Lipinski definition) is 2. The van der Waals surface area contributed by atoms with Crippen molar-refractivity contribution in [3.05, 3.63) is 42.0 Å². The predicted molar refractivity (Wildman–Crippen MR) is 49.7 cm³/mol. The van der Waals surface area contributed by atoms with E-state index in [9.17, 15) is 4.79 Å². The molecule has 0 saturated carbocycles. The van der Waals surface area contributed by atoms with Crippen molar-refractivity contribution < 1.29 is 9.53 Å². The van der Waals surface area contributed by atoms with Gasteiger partial charge in [0.25, 0.3) is 0 Å². The fourth-order valence-electron chi connectivity index (χ4n) is 1.32. The molecule has 2 nitrogen and oxygen atoms in total. The van der Waals surface area contributed by atoms with Crippen molar-refractivity contribution >= 4 is 11.7 Å². The first-order chi connectivity index (χ1) is 6.36. The van der Waals surface area contributed by atoms with Gasteiger partial charge in [0.2, 0.25) is 0 Å². The number of carbonyl (C=O) groups excluding carboxylic acids is 1. The zero-order valence-corrected chi connectivity index (χ0v) is 7.19. The Kier molecular flexibility index (Phi) is 2.13. The van der Waals surface area contributed by atoms with Gasteiger partial charge < -0.3 is 4.74 Å². The van der Waals surface area contributed by atoms with E-state index in [2.05, 4.69) is 0 Å². The van der Waals surface area contributed by atoms with E-state index in [1.807, 2.05) is 36.4 Å². The number of allylic oxidation sites excluding steroid dienone is 1. The Morgan fingerprint density at radius 2 is 1.92 bits per heavy atom. The lowest BCUT2D eigenvalue weighted by molar-refractivity contribution is -0.137. The Morgan fingerprint density at radius 3 is 2.62 bits per heavy atom. The lowest BCUT2D eigenvalue weighted by Gasteiger charge is -2.12. The summed E-state index contributed by atoms with van der Waals surface area (Å²) in [5.74, 6) is 0.554. The molecular formula is C11H10O2. The van der Waals surface area contributed by atoms with Gasteiger partial charge in [0, 0.05) is 12.0 Å². The van der Waals surface area contributed by atoms with E-state index in [0.717, 1.165) is 12.0 Å². The highest BCUT2D eigenvalue weighted by atomic mass is 16.5. The molecule has 1 heterocycles. The summed E-state index contributed by atoms with van der Waals surface area (Å²) in [5, 5.41) is 0. The van der Waals surface area contributed by atoms with Gasteiger partial charge in [0.15, 0.2) is 0 Å². The number of cyclic esters (lactones) is 1. The van der Waals surface area contributed by atoms with E-state index in [1.54, 1.807) is 0 Å². The lowest BCUT2D eigenvalue weighted by Crippen LogP contribution is -2.07. The number of esters is 1. The SMILES string of the molecule is O=C1CCC=C(c2ccccc2)O1. The number of hydrogen-bond donors (Lipinski definition) is 0. The van der Waals surface area contributed by atoms with E-state index < -0.39 is 0 Å². The summed E-state index contributed by atoms with van der Waals surface area (Å²) in [6.07, 6.45) is 3.23. The number of rotatable bonds is 1. The zero-order chi connectivity index (χ0) is 9.10. The summed E-state index contributed by atoms with van der Waals surface area (Å²) >= 11 is 0. The molecule has 2 rings (SSSR count). The van der Waals surface area contributed by atoms with Crippen LogP contribution in [0.15, 0.2) is 36.4 Å². The molecule has 0 aromatic heterocycles. The molecule has 2 heteroatoms. The summed E-state index contributed by atoms with van der Waals surface area (Å²) in [7, 11) is 0. The maximum absolute atomic E-state index is 11.0. The maximum Gasteiger partial charge on any atom is 0.311 e. The van der Waals surface area contributed by atoms with Crippen LogP contribution < -0.4 is 0 Å². The first-order valence-electron chi connectivity index (χ1n) is 4.32. The molecular weight excluding hydrogens is 164 g/mol. The number of benzene rings is 1. The molecule has 0 atom stereocenters. The molecule has 0 bridgehead atoms. The van der Waals surface area contributed by atoms with Crippen LogP contribution in [0.3, 0.4) is 0 Å². The number of carbonyl (C=O) groups is 1.